The highest BCUT2D eigenvalue weighted by atomic mass is 19.3. The minimum absolute atomic E-state index is 0.699. The smallest absolute Gasteiger partial charge is 0.253 e. The van der Waals surface area contributed by atoms with E-state index in [0.29, 0.717) is 0 Å². The molecule has 0 spiro atoms. The zero-order valence-corrected chi connectivity index (χ0v) is 6.21. The molecule has 1 fully saturated rings. The van der Waals surface area contributed by atoms with Gasteiger partial charge in [-0.15, -0.1) is 0 Å². The molecule has 1 aliphatic rings. The Kier molecular flexibility index (Phi) is 1.86. The zero-order valence-electron chi connectivity index (χ0n) is 6.21. The van der Waals surface area contributed by atoms with Crippen LogP contribution >= 0.6 is 0 Å². The van der Waals surface area contributed by atoms with Crippen molar-refractivity contribution in [2.24, 2.45) is 0 Å². The van der Waals surface area contributed by atoms with Gasteiger partial charge >= 0.3 is 12.2 Å². The highest BCUT2D eigenvalue weighted by Crippen LogP contribution is 2.52. The number of rotatable bonds is 1. The maximum atomic E-state index is 13.0. The summed E-state index contributed by atoms with van der Waals surface area (Å²) in [6.07, 6.45) is -10.7. The van der Waals surface area contributed by atoms with Crippen molar-refractivity contribution in [1.29, 1.82) is 0 Å². The van der Waals surface area contributed by atoms with Crippen LogP contribution in [0.25, 0.3) is 0 Å². The largest absolute Gasteiger partial charge is 0.394 e. The van der Waals surface area contributed by atoms with Gasteiger partial charge in [0.1, 0.15) is 0 Å². The lowest BCUT2D eigenvalue weighted by atomic mass is 10.00. The van der Waals surface area contributed by atoms with Crippen LogP contribution in [0.5, 0.6) is 0 Å². The van der Waals surface area contributed by atoms with E-state index in [9.17, 15) is 22.0 Å². The minimum atomic E-state index is -4.38. The second-order valence-corrected chi connectivity index (χ2v) is 2.75. The van der Waals surface area contributed by atoms with Crippen molar-refractivity contribution >= 4 is 0 Å². The predicted octanol–water partition coefficient (Wildman–Crippen LogP) is 2.71. The van der Waals surface area contributed by atoms with Gasteiger partial charge in [-0.1, -0.05) is 6.92 Å². The zero-order chi connectivity index (χ0) is 9.62. The Hall–Kier alpha value is -0.390. The molecule has 6 heteroatoms. The summed E-state index contributed by atoms with van der Waals surface area (Å²) in [4.78, 5) is 0. The second kappa shape index (κ2) is 2.31. The summed E-state index contributed by atoms with van der Waals surface area (Å²) in [6.45, 7) is 1.07. The molecule has 0 aromatic rings. The van der Waals surface area contributed by atoms with E-state index in [4.69, 9.17) is 0 Å². The lowest BCUT2D eigenvalue weighted by Gasteiger charge is -2.21. The van der Waals surface area contributed by atoms with E-state index in [-0.39, 0.29) is 0 Å². The summed E-state index contributed by atoms with van der Waals surface area (Å²) in [7, 11) is 0. The van der Waals surface area contributed by atoms with Crippen molar-refractivity contribution in [3.63, 3.8) is 0 Å². The molecule has 0 saturated carbocycles. The van der Waals surface area contributed by atoms with Crippen molar-refractivity contribution in [3.8, 4) is 0 Å². The third-order valence-corrected chi connectivity index (χ3v) is 1.85. The molecule has 0 aromatic carbocycles. The number of hydrogen-bond donors (Lipinski definition) is 0. The molecular formula is C6H7F5O. The molecule has 0 aliphatic carbocycles. The maximum absolute atomic E-state index is 13.0. The van der Waals surface area contributed by atoms with E-state index in [2.05, 4.69) is 4.74 Å². The first kappa shape index (κ1) is 9.70. The van der Waals surface area contributed by atoms with Gasteiger partial charge in [-0.25, -0.2) is 4.39 Å². The average molecular weight is 190 g/mol. The van der Waals surface area contributed by atoms with Crippen LogP contribution in [-0.4, -0.2) is 17.9 Å². The van der Waals surface area contributed by atoms with E-state index < -0.39 is 30.7 Å². The Morgan fingerprint density at radius 1 is 1.17 bits per heavy atom. The quantitative estimate of drug-likeness (QED) is 0.577. The maximum Gasteiger partial charge on any atom is 0.394 e. The van der Waals surface area contributed by atoms with Gasteiger partial charge < -0.3 is 0 Å². The number of alkyl halides is 5. The van der Waals surface area contributed by atoms with Crippen LogP contribution in [0.15, 0.2) is 0 Å². The molecule has 0 radical (unpaired) electrons. The van der Waals surface area contributed by atoms with Crippen LogP contribution < -0.4 is 0 Å². The molecular weight excluding hydrogens is 183 g/mol. The van der Waals surface area contributed by atoms with E-state index in [0.717, 1.165) is 6.92 Å². The van der Waals surface area contributed by atoms with Gasteiger partial charge in [-0.2, -0.15) is 17.6 Å². The summed E-state index contributed by atoms with van der Waals surface area (Å²) in [5.74, 6) is 0. The average Bonchev–Trinajstić information content (AvgIpc) is 1.98. The van der Waals surface area contributed by atoms with Crippen molar-refractivity contribution < 1.29 is 26.7 Å². The third-order valence-electron chi connectivity index (χ3n) is 1.85. The Labute approximate surface area is 65.5 Å². The molecule has 1 aliphatic heterocycles. The first-order valence-corrected chi connectivity index (χ1v) is 3.37. The topological polar surface area (TPSA) is 9.23 Å². The number of halogens is 5. The fraction of sp³-hybridized carbons (Fsp3) is 1.00. The van der Waals surface area contributed by atoms with E-state index >= 15 is 0 Å². The van der Waals surface area contributed by atoms with Gasteiger partial charge in [0.25, 0.3) is 0 Å². The lowest BCUT2D eigenvalue weighted by molar-refractivity contribution is -0.347. The van der Waals surface area contributed by atoms with Gasteiger partial charge in [-0.3, -0.25) is 4.74 Å². The van der Waals surface area contributed by atoms with Crippen LogP contribution in [0.3, 0.4) is 0 Å². The van der Waals surface area contributed by atoms with E-state index in [1.54, 1.807) is 0 Å². The van der Waals surface area contributed by atoms with Crippen LogP contribution in [0.2, 0.25) is 0 Å². The van der Waals surface area contributed by atoms with E-state index in [1.807, 2.05) is 0 Å². The Morgan fingerprint density at radius 3 is 1.83 bits per heavy atom. The summed E-state index contributed by atoms with van der Waals surface area (Å²) in [5, 5.41) is 0. The Balaban J connectivity index is 2.92. The Morgan fingerprint density at radius 2 is 1.67 bits per heavy atom. The Bertz CT molecular complexity index is 192. The first-order chi connectivity index (χ1) is 5.22. The van der Waals surface area contributed by atoms with Crippen LogP contribution in [0.4, 0.5) is 22.0 Å². The van der Waals surface area contributed by atoms with Crippen molar-refractivity contribution in [1.82, 2.24) is 0 Å². The molecule has 1 rings (SSSR count). The molecule has 1 unspecified atom stereocenters. The van der Waals surface area contributed by atoms with Gasteiger partial charge in [-0.05, 0) is 6.42 Å². The van der Waals surface area contributed by atoms with Crippen LogP contribution in [-0.2, 0) is 4.74 Å². The van der Waals surface area contributed by atoms with Gasteiger partial charge in [0.2, 0.25) is 5.67 Å². The summed E-state index contributed by atoms with van der Waals surface area (Å²) in [6, 6.07) is 0. The molecule has 12 heavy (non-hydrogen) atoms. The fourth-order valence-corrected chi connectivity index (χ4v) is 1.07. The molecule has 0 aromatic heterocycles. The SMILES string of the molecule is CCC1(F)CC(F)(F)OC1(F)F. The molecule has 1 heterocycles. The molecule has 0 amide bonds. The molecule has 0 N–H and O–H groups in total. The minimum Gasteiger partial charge on any atom is -0.253 e. The van der Waals surface area contributed by atoms with Gasteiger partial charge in [0, 0.05) is 0 Å². The highest BCUT2D eigenvalue weighted by molar-refractivity contribution is 4.95. The molecule has 1 saturated heterocycles. The van der Waals surface area contributed by atoms with E-state index in [1.165, 1.54) is 0 Å². The van der Waals surface area contributed by atoms with Crippen molar-refractivity contribution in [2.45, 2.75) is 37.7 Å². The van der Waals surface area contributed by atoms with Crippen molar-refractivity contribution in [2.75, 3.05) is 0 Å². The normalized spacial score (nSPS) is 38.5. The summed E-state index contributed by atoms with van der Waals surface area (Å²) < 4.78 is 65.1. The van der Waals surface area contributed by atoms with Crippen LogP contribution in [0, 0.1) is 0 Å². The van der Waals surface area contributed by atoms with Crippen molar-refractivity contribution in [3.05, 3.63) is 0 Å². The standard InChI is InChI=1S/C6H7F5O/c1-2-4(7)3-5(8,9)12-6(4,10)11/h2-3H2,1H3. The summed E-state index contributed by atoms with van der Waals surface area (Å²) in [5.41, 5.74) is -3.24. The molecule has 1 atom stereocenters. The number of ether oxygens (including phenoxy) is 1. The first-order valence-electron chi connectivity index (χ1n) is 3.37. The van der Waals surface area contributed by atoms with Crippen LogP contribution in [0.1, 0.15) is 19.8 Å². The lowest BCUT2D eigenvalue weighted by Crippen LogP contribution is -2.39. The van der Waals surface area contributed by atoms with Gasteiger partial charge in [0.15, 0.2) is 0 Å². The third kappa shape index (κ3) is 1.28. The summed E-state index contributed by atoms with van der Waals surface area (Å²) >= 11 is 0. The number of hydrogen-bond acceptors (Lipinski definition) is 1. The monoisotopic (exact) mass is 190 g/mol. The predicted molar refractivity (Wildman–Crippen MR) is 29.7 cm³/mol. The molecule has 72 valence electrons. The molecule has 0 bridgehead atoms. The second-order valence-electron chi connectivity index (χ2n) is 2.75. The fourth-order valence-electron chi connectivity index (χ4n) is 1.07. The molecule has 1 nitrogen and oxygen atoms in total. The highest BCUT2D eigenvalue weighted by Gasteiger charge is 2.69. The van der Waals surface area contributed by atoms with Gasteiger partial charge in [0.05, 0.1) is 6.42 Å².